The molecule has 90 valence electrons. The maximum absolute atomic E-state index is 9.15. The lowest BCUT2D eigenvalue weighted by molar-refractivity contribution is 0.155. The number of aliphatic hydroxyl groups excluding tert-OH is 1. The Hall–Kier alpha value is -1.06. The minimum Gasteiger partial charge on any atom is -0.493 e. The van der Waals surface area contributed by atoms with E-state index < -0.39 is 0 Å². The van der Waals surface area contributed by atoms with Gasteiger partial charge in [-0.1, -0.05) is 25.1 Å². The van der Waals surface area contributed by atoms with Gasteiger partial charge in [0.15, 0.2) is 0 Å². The number of nitrogens with two attached hydrogens (primary N) is 1. The molecule has 0 bridgehead atoms. The molecule has 1 unspecified atom stereocenters. The Morgan fingerprint density at radius 2 is 2.06 bits per heavy atom. The van der Waals surface area contributed by atoms with Crippen molar-refractivity contribution in [1.29, 1.82) is 0 Å². The van der Waals surface area contributed by atoms with Gasteiger partial charge in [0.05, 0.1) is 12.7 Å². The van der Waals surface area contributed by atoms with Crippen molar-refractivity contribution in [2.75, 3.05) is 6.61 Å². The van der Waals surface area contributed by atoms with Crippen molar-refractivity contribution >= 4 is 0 Å². The summed E-state index contributed by atoms with van der Waals surface area (Å²) in [6, 6.07) is 7.83. The van der Waals surface area contributed by atoms with Crippen LogP contribution in [0.3, 0.4) is 0 Å². The van der Waals surface area contributed by atoms with E-state index in [1.165, 1.54) is 0 Å². The largest absolute Gasteiger partial charge is 0.493 e. The first kappa shape index (κ1) is 13.0. The molecular formula is C13H21NO2. The summed E-state index contributed by atoms with van der Waals surface area (Å²) < 4.78 is 5.63. The number of para-hydroxylation sites is 1. The molecule has 0 saturated heterocycles. The van der Waals surface area contributed by atoms with Crippen molar-refractivity contribution in [3.63, 3.8) is 0 Å². The SMILES string of the molecule is CC[C@H](N)c1ccccc1OCCC(C)O. The van der Waals surface area contributed by atoms with Crippen molar-refractivity contribution in [3.05, 3.63) is 29.8 Å². The predicted molar refractivity (Wildman–Crippen MR) is 65.5 cm³/mol. The monoisotopic (exact) mass is 223 g/mol. The predicted octanol–water partition coefficient (Wildman–Crippen LogP) is 2.25. The van der Waals surface area contributed by atoms with Crippen LogP contribution in [0.1, 0.15) is 38.3 Å². The van der Waals surface area contributed by atoms with Crippen molar-refractivity contribution in [3.8, 4) is 5.75 Å². The molecule has 3 N–H and O–H groups in total. The molecule has 0 aromatic heterocycles. The summed E-state index contributed by atoms with van der Waals surface area (Å²) in [5.74, 6) is 0.831. The maximum Gasteiger partial charge on any atom is 0.124 e. The zero-order chi connectivity index (χ0) is 12.0. The highest BCUT2D eigenvalue weighted by molar-refractivity contribution is 5.35. The van der Waals surface area contributed by atoms with Gasteiger partial charge in [0.1, 0.15) is 5.75 Å². The molecule has 1 rings (SSSR count). The Labute approximate surface area is 97.2 Å². The average Bonchev–Trinajstić information content (AvgIpc) is 2.28. The molecule has 0 fully saturated rings. The summed E-state index contributed by atoms with van der Waals surface area (Å²) in [5, 5.41) is 9.15. The summed E-state index contributed by atoms with van der Waals surface area (Å²) >= 11 is 0. The van der Waals surface area contributed by atoms with Crippen LogP contribution in [0.25, 0.3) is 0 Å². The van der Waals surface area contributed by atoms with Gasteiger partial charge in [-0.05, 0) is 19.4 Å². The zero-order valence-electron chi connectivity index (χ0n) is 10.0. The fourth-order valence-electron chi connectivity index (χ4n) is 1.48. The fourth-order valence-corrected chi connectivity index (χ4v) is 1.48. The molecule has 1 aromatic carbocycles. The topological polar surface area (TPSA) is 55.5 Å². The Morgan fingerprint density at radius 3 is 2.69 bits per heavy atom. The molecule has 1 aromatic rings. The van der Waals surface area contributed by atoms with E-state index in [0.29, 0.717) is 13.0 Å². The molecule has 0 amide bonds. The highest BCUT2D eigenvalue weighted by atomic mass is 16.5. The Kier molecular flexibility index (Phi) is 5.29. The van der Waals surface area contributed by atoms with Crippen LogP contribution in [-0.4, -0.2) is 17.8 Å². The van der Waals surface area contributed by atoms with Gasteiger partial charge in [0.2, 0.25) is 0 Å². The van der Waals surface area contributed by atoms with Crippen LogP contribution in [0.5, 0.6) is 5.75 Å². The number of ether oxygens (including phenoxy) is 1. The molecule has 0 aliphatic rings. The van der Waals surface area contributed by atoms with E-state index in [-0.39, 0.29) is 12.1 Å². The van der Waals surface area contributed by atoms with Crippen molar-refractivity contribution in [2.45, 2.75) is 38.8 Å². The smallest absolute Gasteiger partial charge is 0.124 e. The van der Waals surface area contributed by atoms with Gasteiger partial charge in [-0.2, -0.15) is 0 Å². The van der Waals surface area contributed by atoms with Crippen LogP contribution >= 0.6 is 0 Å². The Balaban J connectivity index is 2.64. The minimum atomic E-state index is -0.327. The molecule has 0 aliphatic carbocycles. The van der Waals surface area contributed by atoms with Crippen LogP contribution in [0, 0.1) is 0 Å². The fraction of sp³-hybridized carbons (Fsp3) is 0.538. The molecule has 3 heteroatoms. The summed E-state index contributed by atoms with van der Waals surface area (Å²) in [6.07, 6.45) is 1.19. The standard InChI is InChI=1S/C13H21NO2/c1-3-12(14)11-6-4-5-7-13(11)16-9-8-10(2)15/h4-7,10,12,15H,3,8-9,14H2,1-2H3/t10?,12-/m0/s1. The molecule has 3 nitrogen and oxygen atoms in total. The van der Waals surface area contributed by atoms with E-state index in [1.54, 1.807) is 6.92 Å². The van der Waals surface area contributed by atoms with Gasteiger partial charge in [0, 0.05) is 18.0 Å². The quantitative estimate of drug-likeness (QED) is 0.777. The maximum atomic E-state index is 9.15. The third-order valence-electron chi connectivity index (χ3n) is 2.55. The summed E-state index contributed by atoms with van der Waals surface area (Å²) in [7, 11) is 0. The average molecular weight is 223 g/mol. The highest BCUT2D eigenvalue weighted by Gasteiger charge is 2.09. The van der Waals surface area contributed by atoms with Crippen molar-refractivity contribution < 1.29 is 9.84 Å². The summed E-state index contributed by atoms with van der Waals surface area (Å²) in [5.41, 5.74) is 7.03. The number of rotatable bonds is 6. The molecule has 2 atom stereocenters. The van der Waals surface area contributed by atoms with Crippen LogP contribution in [0.4, 0.5) is 0 Å². The van der Waals surface area contributed by atoms with Gasteiger partial charge in [0.25, 0.3) is 0 Å². The second kappa shape index (κ2) is 6.51. The summed E-state index contributed by atoms with van der Waals surface area (Å²) in [4.78, 5) is 0. The van der Waals surface area contributed by atoms with Gasteiger partial charge >= 0.3 is 0 Å². The van der Waals surface area contributed by atoms with Crippen LogP contribution < -0.4 is 10.5 Å². The minimum absolute atomic E-state index is 0.0164. The number of hydrogen-bond donors (Lipinski definition) is 2. The third-order valence-corrected chi connectivity index (χ3v) is 2.55. The summed E-state index contributed by atoms with van der Waals surface area (Å²) in [6.45, 7) is 4.33. The van der Waals surface area contributed by atoms with Gasteiger partial charge < -0.3 is 15.6 Å². The molecule has 0 spiro atoms. The van der Waals surface area contributed by atoms with Crippen LogP contribution in [0.15, 0.2) is 24.3 Å². The first-order valence-electron chi connectivity index (χ1n) is 5.80. The lowest BCUT2D eigenvalue weighted by Crippen LogP contribution is -2.12. The van der Waals surface area contributed by atoms with Crippen LogP contribution in [0.2, 0.25) is 0 Å². The zero-order valence-corrected chi connectivity index (χ0v) is 10.0. The Bertz CT molecular complexity index is 313. The van der Waals surface area contributed by atoms with E-state index in [4.69, 9.17) is 15.6 Å². The van der Waals surface area contributed by atoms with Gasteiger partial charge in [-0.3, -0.25) is 0 Å². The van der Waals surface area contributed by atoms with E-state index in [1.807, 2.05) is 24.3 Å². The van der Waals surface area contributed by atoms with Crippen molar-refractivity contribution in [2.24, 2.45) is 5.73 Å². The number of aliphatic hydroxyl groups is 1. The number of benzene rings is 1. The molecule has 0 heterocycles. The molecular weight excluding hydrogens is 202 g/mol. The van der Waals surface area contributed by atoms with Gasteiger partial charge in [-0.25, -0.2) is 0 Å². The van der Waals surface area contributed by atoms with Crippen LogP contribution in [-0.2, 0) is 0 Å². The molecule has 0 aliphatic heterocycles. The van der Waals surface area contributed by atoms with Crippen molar-refractivity contribution in [1.82, 2.24) is 0 Å². The van der Waals surface area contributed by atoms with Gasteiger partial charge in [-0.15, -0.1) is 0 Å². The van der Waals surface area contributed by atoms with E-state index >= 15 is 0 Å². The first-order valence-corrected chi connectivity index (χ1v) is 5.80. The second-order valence-corrected chi connectivity index (χ2v) is 4.04. The first-order chi connectivity index (χ1) is 7.65. The normalized spacial score (nSPS) is 14.5. The molecule has 0 radical (unpaired) electrons. The lowest BCUT2D eigenvalue weighted by atomic mass is 10.0. The number of hydrogen-bond acceptors (Lipinski definition) is 3. The lowest BCUT2D eigenvalue weighted by Gasteiger charge is -2.15. The second-order valence-electron chi connectivity index (χ2n) is 4.04. The molecule has 16 heavy (non-hydrogen) atoms. The molecule has 0 saturated carbocycles. The van der Waals surface area contributed by atoms with E-state index in [0.717, 1.165) is 17.7 Å². The van der Waals surface area contributed by atoms with E-state index in [9.17, 15) is 0 Å². The highest BCUT2D eigenvalue weighted by Crippen LogP contribution is 2.25. The Morgan fingerprint density at radius 1 is 1.38 bits per heavy atom. The third kappa shape index (κ3) is 3.83. The van der Waals surface area contributed by atoms with E-state index in [2.05, 4.69) is 6.92 Å².